The second-order valence-electron chi connectivity index (χ2n) is 6.03. The Morgan fingerprint density at radius 1 is 1.15 bits per heavy atom. The van der Waals surface area contributed by atoms with E-state index in [4.69, 9.17) is 0 Å². The van der Waals surface area contributed by atoms with Crippen LogP contribution in [0.3, 0.4) is 0 Å². The van der Waals surface area contributed by atoms with Crippen LogP contribution in [-0.4, -0.2) is 26.7 Å². The van der Waals surface area contributed by atoms with E-state index in [0.717, 1.165) is 10.1 Å². The fourth-order valence-corrected chi connectivity index (χ4v) is 2.58. The molecule has 7 nitrogen and oxygen atoms in total. The summed E-state index contributed by atoms with van der Waals surface area (Å²) in [5.74, 6) is -0.566. The minimum Gasteiger partial charge on any atom is -0.493 e. The number of carbonyl (C=O) groups excluding carboxylic acids is 1. The predicted molar refractivity (Wildman–Crippen MR) is 103 cm³/mol. The van der Waals surface area contributed by atoms with Gasteiger partial charge in [0, 0.05) is 11.8 Å². The number of aliphatic imine (C=N–C) groups is 1. The zero-order valence-electron chi connectivity index (χ0n) is 14.8. The summed E-state index contributed by atoms with van der Waals surface area (Å²) < 4.78 is 1.01. The number of hydrogen-bond donors (Lipinski definition) is 2. The van der Waals surface area contributed by atoms with Crippen molar-refractivity contribution in [3.63, 3.8) is 0 Å². The molecule has 0 saturated carbocycles. The first-order valence-corrected chi connectivity index (χ1v) is 8.17. The minimum atomic E-state index is -0.745. The number of carbonyl (C=O) groups is 1. The third kappa shape index (κ3) is 3.77. The molecule has 0 bridgehead atoms. The van der Waals surface area contributed by atoms with Crippen molar-refractivity contribution in [2.24, 2.45) is 4.99 Å². The topological polar surface area (TPSA) is 105 Å². The molecule has 2 aromatic carbocycles. The lowest BCUT2D eigenvalue weighted by atomic mass is 10.1. The Morgan fingerprint density at radius 3 is 2.48 bits per heavy atom. The number of nitrogens with zero attached hydrogens (tertiary/aromatic N) is 2. The number of hydrogen-bond acceptors (Lipinski definition) is 5. The van der Waals surface area contributed by atoms with E-state index in [1.165, 1.54) is 13.1 Å². The standard InChI is InChI=1S/C20H17N3O4/c1-12-4-3-5-16(10-12)23-19(26)17(18(25)22-20(23)27)11-21-15-8-6-14(7-9-15)13(2)24/h3-11,26H,1-2H3,(H,22,25,27). The summed E-state index contributed by atoms with van der Waals surface area (Å²) >= 11 is 0. The summed E-state index contributed by atoms with van der Waals surface area (Å²) in [7, 11) is 0. The number of aryl methyl sites for hydroxylation is 1. The number of nitrogens with one attached hydrogen (secondary N) is 1. The summed E-state index contributed by atoms with van der Waals surface area (Å²) in [6, 6.07) is 13.4. The molecule has 0 atom stereocenters. The van der Waals surface area contributed by atoms with E-state index in [-0.39, 0.29) is 11.3 Å². The number of H-pyrrole nitrogens is 1. The Bertz CT molecular complexity index is 1160. The summed E-state index contributed by atoms with van der Waals surface area (Å²) in [6.07, 6.45) is 1.18. The van der Waals surface area contributed by atoms with E-state index >= 15 is 0 Å². The molecule has 3 rings (SSSR count). The SMILES string of the molecule is CC(=O)c1ccc(N=Cc2c(O)n(-c3cccc(C)c3)c(=O)[nH]c2=O)cc1. The highest BCUT2D eigenvalue weighted by Crippen LogP contribution is 2.18. The highest BCUT2D eigenvalue weighted by atomic mass is 16.3. The van der Waals surface area contributed by atoms with Crippen molar-refractivity contribution in [3.8, 4) is 11.6 Å². The monoisotopic (exact) mass is 363 g/mol. The van der Waals surface area contributed by atoms with Crippen LogP contribution in [0.25, 0.3) is 5.69 Å². The van der Waals surface area contributed by atoms with Crippen molar-refractivity contribution in [2.75, 3.05) is 0 Å². The molecule has 7 heteroatoms. The lowest BCUT2D eigenvalue weighted by molar-refractivity contribution is 0.101. The number of aromatic amines is 1. The van der Waals surface area contributed by atoms with Crippen molar-refractivity contribution in [3.05, 3.63) is 86.1 Å². The fraction of sp³-hybridized carbons (Fsp3) is 0.100. The molecule has 2 N–H and O–H groups in total. The van der Waals surface area contributed by atoms with E-state index in [0.29, 0.717) is 16.9 Å². The Labute approximate surface area is 154 Å². The van der Waals surface area contributed by atoms with Crippen molar-refractivity contribution in [1.82, 2.24) is 9.55 Å². The number of benzene rings is 2. The highest BCUT2D eigenvalue weighted by Gasteiger charge is 2.14. The molecule has 0 spiro atoms. The number of Topliss-reactive ketones (excluding diaryl/α,β-unsaturated/α-hetero) is 1. The molecule has 1 aromatic heterocycles. The summed E-state index contributed by atoms with van der Waals surface area (Å²) in [6.45, 7) is 3.31. The molecule has 0 unspecified atom stereocenters. The van der Waals surface area contributed by atoms with Gasteiger partial charge in [-0.05, 0) is 55.8 Å². The zero-order valence-corrected chi connectivity index (χ0v) is 14.8. The van der Waals surface area contributed by atoms with Gasteiger partial charge in [0.05, 0.1) is 11.4 Å². The smallest absolute Gasteiger partial charge is 0.335 e. The van der Waals surface area contributed by atoms with Crippen molar-refractivity contribution >= 4 is 17.7 Å². The van der Waals surface area contributed by atoms with Crippen LogP contribution in [-0.2, 0) is 0 Å². The number of ketones is 1. The summed E-state index contributed by atoms with van der Waals surface area (Å²) in [4.78, 5) is 41.9. The van der Waals surface area contributed by atoms with Gasteiger partial charge in [0.1, 0.15) is 5.56 Å². The summed E-state index contributed by atoms with van der Waals surface area (Å²) in [5, 5.41) is 10.5. The Balaban J connectivity index is 2.06. The van der Waals surface area contributed by atoms with Gasteiger partial charge in [-0.25, -0.2) is 9.36 Å². The van der Waals surface area contributed by atoms with Crippen LogP contribution in [0.2, 0.25) is 0 Å². The van der Waals surface area contributed by atoms with Crippen molar-refractivity contribution < 1.29 is 9.90 Å². The van der Waals surface area contributed by atoms with Crippen LogP contribution >= 0.6 is 0 Å². The second kappa shape index (κ2) is 7.25. The Hall–Kier alpha value is -3.74. The Kier molecular flexibility index (Phi) is 4.85. The van der Waals surface area contributed by atoms with Crippen molar-refractivity contribution in [2.45, 2.75) is 13.8 Å². The number of aromatic hydroxyl groups is 1. The number of aromatic nitrogens is 2. The van der Waals surface area contributed by atoms with Crippen LogP contribution < -0.4 is 11.2 Å². The van der Waals surface area contributed by atoms with Gasteiger partial charge >= 0.3 is 5.69 Å². The quantitative estimate of drug-likeness (QED) is 0.549. The normalized spacial score (nSPS) is 11.0. The molecule has 1 heterocycles. The molecule has 3 aromatic rings. The van der Waals surface area contributed by atoms with E-state index in [1.54, 1.807) is 42.5 Å². The first-order valence-electron chi connectivity index (χ1n) is 8.17. The molecule has 0 fully saturated rings. The molecule has 0 saturated heterocycles. The molecule has 0 radical (unpaired) electrons. The van der Waals surface area contributed by atoms with E-state index in [1.807, 2.05) is 13.0 Å². The van der Waals surface area contributed by atoms with Gasteiger partial charge in [-0.15, -0.1) is 0 Å². The van der Waals surface area contributed by atoms with E-state index in [2.05, 4.69) is 9.98 Å². The lowest BCUT2D eigenvalue weighted by Crippen LogP contribution is -2.31. The second-order valence-corrected chi connectivity index (χ2v) is 6.03. The van der Waals surface area contributed by atoms with Gasteiger partial charge < -0.3 is 5.11 Å². The third-order valence-electron chi connectivity index (χ3n) is 4.00. The lowest BCUT2D eigenvalue weighted by Gasteiger charge is -2.10. The molecule has 0 aliphatic carbocycles. The van der Waals surface area contributed by atoms with Crippen LogP contribution in [0, 0.1) is 6.92 Å². The van der Waals surface area contributed by atoms with Gasteiger partial charge in [0.25, 0.3) is 5.56 Å². The molecule has 0 aliphatic rings. The third-order valence-corrected chi connectivity index (χ3v) is 4.00. The van der Waals surface area contributed by atoms with Gasteiger partial charge in [-0.3, -0.25) is 19.6 Å². The molecule has 0 amide bonds. The summed E-state index contributed by atoms with van der Waals surface area (Å²) in [5.41, 5.74) is 0.720. The average molecular weight is 363 g/mol. The maximum absolute atomic E-state index is 12.2. The maximum Gasteiger partial charge on any atom is 0.335 e. The average Bonchev–Trinajstić information content (AvgIpc) is 2.61. The largest absolute Gasteiger partial charge is 0.493 e. The van der Waals surface area contributed by atoms with Gasteiger partial charge in [0.2, 0.25) is 5.88 Å². The molecular weight excluding hydrogens is 346 g/mol. The van der Waals surface area contributed by atoms with Gasteiger partial charge in [-0.1, -0.05) is 12.1 Å². The zero-order chi connectivity index (χ0) is 19.6. The van der Waals surface area contributed by atoms with Crippen LogP contribution in [0.5, 0.6) is 5.88 Å². The predicted octanol–water partition coefficient (Wildman–Crippen LogP) is 2.49. The van der Waals surface area contributed by atoms with E-state index in [9.17, 15) is 19.5 Å². The maximum atomic E-state index is 12.2. The fourth-order valence-electron chi connectivity index (χ4n) is 2.58. The van der Waals surface area contributed by atoms with Crippen LogP contribution in [0.1, 0.15) is 28.4 Å². The van der Waals surface area contributed by atoms with Crippen LogP contribution in [0.4, 0.5) is 5.69 Å². The molecule has 0 aliphatic heterocycles. The Morgan fingerprint density at radius 2 is 1.85 bits per heavy atom. The number of rotatable bonds is 4. The van der Waals surface area contributed by atoms with E-state index < -0.39 is 17.1 Å². The minimum absolute atomic E-state index is 0.0650. The first kappa shape index (κ1) is 18.1. The van der Waals surface area contributed by atoms with Crippen molar-refractivity contribution in [1.29, 1.82) is 0 Å². The van der Waals surface area contributed by atoms with Crippen LogP contribution in [0.15, 0.2) is 63.1 Å². The molecular formula is C20H17N3O4. The highest BCUT2D eigenvalue weighted by molar-refractivity contribution is 5.94. The van der Waals surface area contributed by atoms with Gasteiger partial charge in [-0.2, -0.15) is 0 Å². The van der Waals surface area contributed by atoms with Gasteiger partial charge in [0.15, 0.2) is 5.78 Å². The molecule has 27 heavy (non-hydrogen) atoms. The molecule has 136 valence electrons. The first-order chi connectivity index (χ1) is 12.9.